The lowest BCUT2D eigenvalue weighted by atomic mass is 9.90. The number of hydrogen-bond donors (Lipinski definition) is 1. The van der Waals surface area contributed by atoms with Crippen LogP contribution in [-0.2, 0) is 13.6 Å². The number of halogens is 1. The normalized spacial score (nSPS) is 17.9. The molecule has 106 valence electrons. The first kappa shape index (κ1) is 12.9. The van der Waals surface area contributed by atoms with E-state index in [0.717, 1.165) is 35.0 Å². The van der Waals surface area contributed by atoms with E-state index >= 15 is 0 Å². The lowest BCUT2D eigenvalue weighted by Crippen LogP contribution is -2.30. The molecular weight excluding hydrogens is 282 g/mol. The van der Waals surface area contributed by atoms with Gasteiger partial charge in [-0.2, -0.15) is 0 Å². The summed E-state index contributed by atoms with van der Waals surface area (Å²) in [7, 11) is 2.08. The summed E-state index contributed by atoms with van der Waals surface area (Å²) < 4.78 is 2.18. The van der Waals surface area contributed by atoms with E-state index in [1.165, 1.54) is 11.1 Å². The van der Waals surface area contributed by atoms with Gasteiger partial charge in [-0.05, 0) is 29.3 Å². The van der Waals surface area contributed by atoms with Crippen LogP contribution in [0.3, 0.4) is 0 Å². The Morgan fingerprint density at radius 1 is 1.24 bits per heavy atom. The number of imidazole rings is 1. The first-order valence-corrected chi connectivity index (χ1v) is 7.52. The highest BCUT2D eigenvalue weighted by atomic mass is 35.5. The van der Waals surface area contributed by atoms with E-state index < -0.39 is 0 Å². The Labute approximate surface area is 128 Å². The van der Waals surface area contributed by atoms with E-state index in [1.54, 1.807) is 0 Å². The molecule has 0 bridgehead atoms. The summed E-state index contributed by atoms with van der Waals surface area (Å²) in [5.41, 5.74) is 4.82. The number of rotatable bonds is 1. The molecule has 0 saturated carbocycles. The van der Waals surface area contributed by atoms with Crippen LogP contribution >= 0.6 is 11.6 Å². The molecule has 0 spiro atoms. The second kappa shape index (κ2) is 4.86. The second-order valence-electron chi connectivity index (χ2n) is 5.54. The number of aryl methyl sites for hydroxylation is 1. The zero-order valence-corrected chi connectivity index (χ0v) is 12.6. The Kier molecular flexibility index (Phi) is 2.98. The maximum Gasteiger partial charge on any atom is 0.118 e. The Bertz CT molecular complexity index is 822. The molecule has 1 atom stereocenters. The number of aromatic nitrogens is 2. The van der Waals surface area contributed by atoms with Crippen molar-refractivity contribution in [2.75, 3.05) is 6.54 Å². The summed E-state index contributed by atoms with van der Waals surface area (Å²) in [5, 5.41) is 4.22. The van der Waals surface area contributed by atoms with Gasteiger partial charge >= 0.3 is 0 Å². The molecule has 3 nitrogen and oxygen atoms in total. The van der Waals surface area contributed by atoms with E-state index in [9.17, 15) is 0 Å². The molecule has 0 fully saturated rings. The third-order valence-electron chi connectivity index (χ3n) is 4.28. The second-order valence-corrected chi connectivity index (χ2v) is 5.98. The van der Waals surface area contributed by atoms with Gasteiger partial charge in [0.2, 0.25) is 0 Å². The number of fused-ring (bicyclic) bond motifs is 2. The fourth-order valence-corrected chi connectivity index (χ4v) is 3.40. The highest BCUT2D eigenvalue weighted by molar-refractivity contribution is 6.31. The highest BCUT2D eigenvalue weighted by Crippen LogP contribution is 2.31. The van der Waals surface area contributed by atoms with Gasteiger partial charge in [0.05, 0.1) is 17.0 Å². The third kappa shape index (κ3) is 2.04. The summed E-state index contributed by atoms with van der Waals surface area (Å²) in [4.78, 5) is 4.83. The fraction of sp³-hybridized carbons (Fsp3) is 0.235. The predicted molar refractivity (Wildman–Crippen MR) is 85.7 cm³/mol. The molecule has 21 heavy (non-hydrogen) atoms. The molecule has 4 rings (SSSR count). The van der Waals surface area contributed by atoms with Crippen molar-refractivity contribution in [2.24, 2.45) is 7.05 Å². The minimum Gasteiger partial charge on any atom is -0.331 e. The van der Waals surface area contributed by atoms with Crippen LogP contribution in [0.15, 0.2) is 42.5 Å². The molecule has 3 aromatic rings. The van der Waals surface area contributed by atoms with E-state index in [4.69, 9.17) is 16.6 Å². The van der Waals surface area contributed by atoms with Crippen molar-refractivity contribution in [1.82, 2.24) is 14.9 Å². The van der Waals surface area contributed by atoms with Crippen LogP contribution in [0.1, 0.15) is 22.9 Å². The van der Waals surface area contributed by atoms with Crippen molar-refractivity contribution in [3.63, 3.8) is 0 Å². The average Bonchev–Trinajstić information content (AvgIpc) is 2.83. The van der Waals surface area contributed by atoms with Gasteiger partial charge in [-0.1, -0.05) is 35.9 Å². The molecule has 4 heteroatoms. The molecule has 0 amide bonds. The van der Waals surface area contributed by atoms with E-state index in [-0.39, 0.29) is 5.92 Å². The van der Waals surface area contributed by atoms with E-state index in [1.807, 2.05) is 18.2 Å². The van der Waals surface area contributed by atoms with Crippen LogP contribution < -0.4 is 5.32 Å². The summed E-state index contributed by atoms with van der Waals surface area (Å²) in [6, 6.07) is 14.5. The predicted octanol–water partition coefficient (Wildman–Crippen LogP) is 3.46. The van der Waals surface area contributed by atoms with Gasteiger partial charge in [0.1, 0.15) is 5.82 Å². The van der Waals surface area contributed by atoms with Gasteiger partial charge in [-0.25, -0.2) is 4.98 Å². The molecule has 1 unspecified atom stereocenters. The van der Waals surface area contributed by atoms with Crippen LogP contribution in [0.25, 0.3) is 11.0 Å². The summed E-state index contributed by atoms with van der Waals surface area (Å²) >= 11 is 6.09. The van der Waals surface area contributed by atoms with Crippen molar-refractivity contribution in [1.29, 1.82) is 0 Å². The summed E-state index contributed by atoms with van der Waals surface area (Å²) in [5.74, 6) is 1.37. The molecule has 1 aliphatic rings. The molecule has 2 heterocycles. The van der Waals surface area contributed by atoms with Crippen LogP contribution in [0.2, 0.25) is 5.02 Å². The Balaban J connectivity index is 1.90. The molecule has 0 aliphatic carbocycles. The monoisotopic (exact) mass is 297 g/mol. The quantitative estimate of drug-likeness (QED) is 0.745. The van der Waals surface area contributed by atoms with Crippen molar-refractivity contribution >= 4 is 22.6 Å². The Morgan fingerprint density at radius 2 is 2.10 bits per heavy atom. The van der Waals surface area contributed by atoms with Crippen LogP contribution in [0.4, 0.5) is 0 Å². The van der Waals surface area contributed by atoms with Gasteiger partial charge in [0, 0.05) is 25.2 Å². The average molecular weight is 298 g/mol. The minimum absolute atomic E-state index is 0.283. The van der Waals surface area contributed by atoms with Crippen molar-refractivity contribution in [2.45, 2.75) is 12.5 Å². The maximum absolute atomic E-state index is 6.09. The van der Waals surface area contributed by atoms with Crippen molar-refractivity contribution in [3.05, 3.63) is 64.4 Å². The SMILES string of the molecule is Cn1c(C2CNCc3ccccc32)nc2cc(Cl)ccc21. The molecule has 0 radical (unpaired) electrons. The zero-order chi connectivity index (χ0) is 14.4. The summed E-state index contributed by atoms with van der Waals surface area (Å²) in [6.07, 6.45) is 0. The van der Waals surface area contributed by atoms with Gasteiger partial charge < -0.3 is 9.88 Å². The molecule has 1 aliphatic heterocycles. The van der Waals surface area contributed by atoms with Crippen LogP contribution in [0.5, 0.6) is 0 Å². The van der Waals surface area contributed by atoms with Gasteiger partial charge in [0.15, 0.2) is 0 Å². The third-order valence-corrected chi connectivity index (χ3v) is 4.52. The van der Waals surface area contributed by atoms with Crippen molar-refractivity contribution < 1.29 is 0 Å². The van der Waals surface area contributed by atoms with E-state index in [0.29, 0.717) is 0 Å². The molecule has 2 aromatic carbocycles. The molecular formula is C17H16ClN3. The smallest absolute Gasteiger partial charge is 0.118 e. The van der Waals surface area contributed by atoms with Gasteiger partial charge in [-0.3, -0.25) is 0 Å². The first-order valence-electron chi connectivity index (χ1n) is 7.14. The number of nitrogens with zero attached hydrogens (tertiary/aromatic N) is 2. The number of nitrogens with one attached hydrogen (secondary N) is 1. The largest absolute Gasteiger partial charge is 0.331 e. The Morgan fingerprint density at radius 3 is 3.00 bits per heavy atom. The molecule has 0 saturated heterocycles. The molecule has 1 N–H and O–H groups in total. The zero-order valence-electron chi connectivity index (χ0n) is 11.8. The van der Waals surface area contributed by atoms with Crippen LogP contribution in [0, 0.1) is 0 Å². The maximum atomic E-state index is 6.09. The minimum atomic E-state index is 0.283. The molecule has 1 aromatic heterocycles. The van der Waals surface area contributed by atoms with Gasteiger partial charge in [0.25, 0.3) is 0 Å². The number of benzene rings is 2. The van der Waals surface area contributed by atoms with E-state index in [2.05, 4.69) is 41.2 Å². The van der Waals surface area contributed by atoms with Gasteiger partial charge in [-0.15, -0.1) is 0 Å². The fourth-order valence-electron chi connectivity index (χ4n) is 3.23. The van der Waals surface area contributed by atoms with Crippen LogP contribution in [-0.4, -0.2) is 16.1 Å². The highest BCUT2D eigenvalue weighted by Gasteiger charge is 2.25. The van der Waals surface area contributed by atoms with Crippen molar-refractivity contribution in [3.8, 4) is 0 Å². The topological polar surface area (TPSA) is 29.9 Å². The first-order chi connectivity index (χ1) is 10.2. The Hall–Kier alpha value is -1.84. The summed E-state index contributed by atoms with van der Waals surface area (Å²) in [6.45, 7) is 1.85. The standard InChI is InChI=1S/C17H16ClN3/c1-21-16-7-6-12(18)8-15(16)20-17(21)14-10-19-9-11-4-2-3-5-13(11)14/h2-8,14,19H,9-10H2,1H3. The number of hydrogen-bond acceptors (Lipinski definition) is 2. The lowest BCUT2D eigenvalue weighted by Gasteiger charge is -2.26. The lowest BCUT2D eigenvalue weighted by molar-refractivity contribution is 0.562.